The molecule has 2 fully saturated rings. The number of rotatable bonds is 3. The lowest BCUT2D eigenvalue weighted by Crippen LogP contribution is -2.53. The van der Waals surface area contributed by atoms with E-state index in [1.807, 2.05) is 36.5 Å². The van der Waals surface area contributed by atoms with Crippen LogP contribution in [0.25, 0.3) is 10.9 Å². The lowest BCUT2D eigenvalue weighted by Gasteiger charge is -2.42. The zero-order valence-corrected chi connectivity index (χ0v) is 20.0. The van der Waals surface area contributed by atoms with E-state index in [1.165, 1.54) is 7.11 Å². The number of benzene rings is 1. The minimum Gasteiger partial charge on any atom is -0.465 e. The Hall–Kier alpha value is -2.81. The number of amides is 1. The number of piperazine rings is 1. The van der Waals surface area contributed by atoms with Gasteiger partial charge in [0.15, 0.2) is 0 Å². The van der Waals surface area contributed by atoms with Crippen molar-refractivity contribution < 1.29 is 19.1 Å². The van der Waals surface area contributed by atoms with Crippen LogP contribution < -0.4 is 5.73 Å². The van der Waals surface area contributed by atoms with Gasteiger partial charge in [-0.25, -0.2) is 9.59 Å². The molecule has 1 aromatic heterocycles. The highest BCUT2D eigenvalue weighted by atomic mass is 16.6. The second-order valence-corrected chi connectivity index (χ2v) is 10.1. The summed E-state index contributed by atoms with van der Waals surface area (Å²) < 4.78 is 12.3. The van der Waals surface area contributed by atoms with Crippen LogP contribution in [0.1, 0.15) is 62.9 Å². The summed E-state index contributed by atoms with van der Waals surface area (Å²) in [4.78, 5) is 28.6. The Morgan fingerprint density at radius 3 is 2.27 bits per heavy atom. The topological polar surface area (TPSA) is 103 Å². The van der Waals surface area contributed by atoms with Crippen LogP contribution >= 0.6 is 0 Å². The molecule has 0 atom stereocenters. The van der Waals surface area contributed by atoms with Crippen molar-refractivity contribution in [2.24, 2.45) is 0 Å². The third kappa shape index (κ3) is 5.24. The molecule has 1 aliphatic heterocycles. The maximum atomic E-state index is 12.3. The number of ether oxygens (including phenoxy) is 2. The predicted octanol–water partition coefficient (Wildman–Crippen LogP) is 3.44. The van der Waals surface area contributed by atoms with Crippen LogP contribution in [-0.2, 0) is 9.47 Å². The van der Waals surface area contributed by atoms with Gasteiger partial charge in [-0.3, -0.25) is 9.58 Å². The Bertz CT molecular complexity index is 1010. The molecule has 9 heteroatoms. The molecule has 2 heterocycles. The summed E-state index contributed by atoms with van der Waals surface area (Å²) in [6.45, 7) is 8.89. The van der Waals surface area contributed by atoms with E-state index in [1.54, 1.807) is 12.1 Å². The fraction of sp³-hybridized carbons (Fsp3) is 0.625. The Kier molecular flexibility index (Phi) is 6.52. The highest BCUT2D eigenvalue weighted by molar-refractivity contribution is 6.00. The lowest BCUT2D eigenvalue weighted by atomic mass is 9.90. The number of hydrogen-bond acceptors (Lipinski definition) is 7. The van der Waals surface area contributed by atoms with Gasteiger partial charge in [0.05, 0.1) is 24.2 Å². The van der Waals surface area contributed by atoms with Crippen LogP contribution in [0.4, 0.5) is 10.5 Å². The summed E-state index contributed by atoms with van der Waals surface area (Å²) in [5.41, 5.74) is 7.08. The molecule has 1 saturated heterocycles. The van der Waals surface area contributed by atoms with E-state index in [0.717, 1.165) is 49.7 Å². The first-order valence-corrected chi connectivity index (χ1v) is 11.7. The first kappa shape index (κ1) is 23.4. The Morgan fingerprint density at radius 2 is 1.67 bits per heavy atom. The van der Waals surface area contributed by atoms with Gasteiger partial charge in [0.25, 0.3) is 0 Å². The van der Waals surface area contributed by atoms with E-state index in [4.69, 9.17) is 20.3 Å². The van der Waals surface area contributed by atoms with Gasteiger partial charge in [-0.2, -0.15) is 5.10 Å². The monoisotopic (exact) mass is 457 g/mol. The Morgan fingerprint density at radius 1 is 1.03 bits per heavy atom. The summed E-state index contributed by atoms with van der Waals surface area (Å²) in [6, 6.07) is 4.37. The van der Waals surface area contributed by atoms with Crippen molar-refractivity contribution in [3.05, 3.63) is 23.9 Å². The minimum absolute atomic E-state index is 0.215. The number of anilines is 1. The van der Waals surface area contributed by atoms with Crippen LogP contribution in [0.3, 0.4) is 0 Å². The Balaban J connectivity index is 1.32. The molecule has 2 aromatic rings. The van der Waals surface area contributed by atoms with Crippen molar-refractivity contribution >= 4 is 28.7 Å². The molecular formula is C24H35N5O4. The van der Waals surface area contributed by atoms with Crippen molar-refractivity contribution in [3.63, 3.8) is 0 Å². The maximum absolute atomic E-state index is 12.3. The van der Waals surface area contributed by atoms with E-state index in [-0.39, 0.29) is 6.09 Å². The molecule has 1 amide bonds. The second-order valence-electron chi connectivity index (χ2n) is 10.1. The van der Waals surface area contributed by atoms with Crippen molar-refractivity contribution in [1.29, 1.82) is 0 Å². The van der Waals surface area contributed by atoms with Gasteiger partial charge < -0.3 is 20.1 Å². The number of carbonyl (C=O) groups excluding carboxylic acids is 2. The molecular weight excluding hydrogens is 422 g/mol. The zero-order chi connectivity index (χ0) is 23.8. The van der Waals surface area contributed by atoms with Gasteiger partial charge in [0.2, 0.25) is 0 Å². The number of hydrogen-bond donors (Lipinski definition) is 1. The van der Waals surface area contributed by atoms with Crippen LogP contribution in [0, 0.1) is 0 Å². The van der Waals surface area contributed by atoms with Crippen LogP contribution in [0.2, 0.25) is 0 Å². The summed E-state index contributed by atoms with van der Waals surface area (Å²) >= 11 is 0. The molecule has 0 radical (unpaired) electrons. The van der Waals surface area contributed by atoms with Crippen molar-refractivity contribution in [2.75, 3.05) is 39.0 Å². The van der Waals surface area contributed by atoms with Gasteiger partial charge >= 0.3 is 12.1 Å². The van der Waals surface area contributed by atoms with Crippen molar-refractivity contribution in [2.45, 2.75) is 64.1 Å². The molecule has 0 spiro atoms. The van der Waals surface area contributed by atoms with E-state index < -0.39 is 11.6 Å². The summed E-state index contributed by atoms with van der Waals surface area (Å²) in [5, 5.41) is 5.66. The highest BCUT2D eigenvalue weighted by Crippen LogP contribution is 2.33. The Labute approximate surface area is 194 Å². The van der Waals surface area contributed by atoms with E-state index in [2.05, 4.69) is 4.90 Å². The summed E-state index contributed by atoms with van der Waals surface area (Å²) in [7, 11) is 1.35. The van der Waals surface area contributed by atoms with E-state index >= 15 is 0 Å². The predicted molar refractivity (Wildman–Crippen MR) is 126 cm³/mol. The number of aromatic nitrogens is 2. The molecule has 2 N–H and O–H groups in total. The van der Waals surface area contributed by atoms with Gasteiger partial charge in [0.1, 0.15) is 5.60 Å². The lowest BCUT2D eigenvalue weighted by molar-refractivity contribution is 0.00721. The van der Waals surface area contributed by atoms with E-state index in [9.17, 15) is 9.59 Å². The maximum Gasteiger partial charge on any atom is 0.410 e. The highest BCUT2D eigenvalue weighted by Gasteiger charge is 2.31. The zero-order valence-electron chi connectivity index (χ0n) is 20.0. The summed E-state index contributed by atoms with van der Waals surface area (Å²) in [5.74, 6) is -0.448. The van der Waals surface area contributed by atoms with Crippen LogP contribution in [-0.4, -0.2) is 76.6 Å². The molecule has 0 unspecified atom stereocenters. The molecule has 9 nitrogen and oxygen atoms in total. The number of nitrogen functional groups attached to an aromatic ring is 1. The molecule has 1 aliphatic carbocycles. The number of methoxy groups -OCH3 is 1. The molecule has 0 bridgehead atoms. The largest absolute Gasteiger partial charge is 0.465 e. The fourth-order valence-electron chi connectivity index (χ4n) is 4.87. The molecule has 180 valence electrons. The smallest absolute Gasteiger partial charge is 0.410 e. The molecule has 4 rings (SSSR count). The third-order valence-corrected chi connectivity index (χ3v) is 6.62. The minimum atomic E-state index is -0.462. The molecule has 1 saturated carbocycles. The molecule has 33 heavy (non-hydrogen) atoms. The van der Waals surface area contributed by atoms with Gasteiger partial charge in [-0.15, -0.1) is 0 Å². The first-order chi connectivity index (χ1) is 15.6. The van der Waals surface area contributed by atoms with Crippen LogP contribution in [0.5, 0.6) is 0 Å². The van der Waals surface area contributed by atoms with Crippen LogP contribution in [0.15, 0.2) is 18.3 Å². The van der Waals surface area contributed by atoms with E-state index in [0.29, 0.717) is 36.4 Å². The van der Waals surface area contributed by atoms with Gasteiger partial charge in [-0.1, -0.05) is 0 Å². The van der Waals surface area contributed by atoms with Crippen molar-refractivity contribution in [1.82, 2.24) is 19.6 Å². The third-order valence-electron chi connectivity index (χ3n) is 6.62. The second kappa shape index (κ2) is 9.21. The number of nitrogens with two attached hydrogens (primary N) is 1. The number of carbonyl (C=O) groups is 2. The fourth-order valence-corrected chi connectivity index (χ4v) is 4.87. The average Bonchev–Trinajstić information content (AvgIpc) is 3.20. The number of fused-ring (bicyclic) bond motifs is 1. The number of nitrogens with zero attached hydrogens (tertiary/aromatic N) is 4. The quantitative estimate of drug-likeness (QED) is 0.556. The van der Waals surface area contributed by atoms with Gasteiger partial charge in [-0.05, 0) is 58.6 Å². The normalized spacial score (nSPS) is 22.4. The number of esters is 1. The first-order valence-electron chi connectivity index (χ1n) is 11.7. The standard InChI is InChI=1S/C24H35N5O4/c1-24(2,3)33-23(31)28-11-9-27(10-12-28)17-5-7-18(8-6-17)29-15-16-13-20(25)19(22(30)32-4)14-21(16)26-29/h13-15,17-18H,5-12,25H2,1-4H3/t17-,18-. The average molecular weight is 458 g/mol. The summed E-state index contributed by atoms with van der Waals surface area (Å²) in [6.07, 6.45) is 6.10. The molecule has 2 aliphatic rings. The van der Waals surface area contributed by atoms with Gasteiger partial charge in [0, 0.05) is 49.5 Å². The molecule has 1 aromatic carbocycles. The SMILES string of the molecule is COC(=O)c1cc2nn([C@H]3CC[C@H](N4CCN(C(=O)OC(C)(C)C)CC4)CC3)cc2cc1N. The van der Waals surface area contributed by atoms with Crippen molar-refractivity contribution in [3.8, 4) is 0 Å².